The Morgan fingerprint density at radius 2 is 1.32 bits per heavy atom. The summed E-state index contributed by atoms with van der Waals surface area (Å²) < 4.78 is 1.71. The summed E-state index contributed by atoms with van der Waals surface area (Å²) in [6.45, 7) is 3.94. The van der Waals surface area contributed by atoms with Crippen LogP contribution in [0.3, 0.4) is 0 Å². The molecule has 1 aliphatic carbocycles. The minimum absolute atomic E-state index is 0. The molecule has 0 aliphatic heterocycles. The molecule has 2 aromatic carbocycles. The highest BCUT2D eigenvalue weighted by Gasteiger charge is 2.38. The fraction of sp³-hybridized carbons (Fsp3) is 0.0870. The minimum atomic E-state index is -0.184. The molecular weight excluding hydrogens is 463 g/mol. The van der Waals surface area contributed by atoms with Gasteiger partial charge in [0.05, 0.1) is 0 Å². The number of aromatic nitrogens is 1. The number of carbonyl (C=O) groups excluding carboxylic acids is 2. The number of pyridine rings is 1. The lowest BCUT2D eigenvalue weighted by molar-refractivity contribution is -0.577. The summed E-state index contributed by atoms with van der Waals surface area (Å²) in [6.07, 6.45) is 3.62. The number of aryl methyl sites for hydroxylation is 2. The summed E-state index contributed by atoms with van der Waals surface area (Å²) in [4.78, 5) is 26.5. The fourth-order valence-electron chi connectivity index (χ4n) is 3.22. The summed E-state index contributed by atoms with van der Waals surface area (Å²) in [5.41, 5.74) is 4.37. The lowest BCUT2D eigenvalue weighted by atomic mass is 9.90. The molecule has 28 heavy (non-hydrogen) atoms. The van der Waals surface area contributed by atoms with E-state index in [2.05, 4.69) is 5.32 Å². The van der Waals surface area contributed by atoms with Crippen molar-refractivity contribution in [3.8, 4) is 0 Å². The average Bonchev–Trinajstić information content (AvgIpc) is 2.69. The predicted octanol–water partition coefficient (Wildman–Crippen LogP) is 0.955. The number of anilines is 1. The average molecular weight is 482 g/mol. The van der Waals surface area contributed by atoms with E-state index in [1.54, 1.807) is 28.8 Å². The van der Waals surface area contributed by atoms with E-state index in [-0.39, 0.29) is 35.5 Å². The number of halogens is 1. The van der Waals surface area contributed by atoms with Crippen LogP contribution in [0.2, 0.25) is 0 Å². The Morgan fingerprint density at radius 3 is 1.96 bits per heavy atom. The third-order valence-corrected chi connectivity index (χ3v) is 4.75. The molecule has 5 heteroatoms. The zero-order valence-electron chi connectivity index (χ0n) is 15.6. The van der Waals surface area contributed by atoms with Gasteiger partial charge in [-0.1, -0.05) is 42.5 Å². The van der Waals surface area contributed by atoms with Gasteiger partial charge in [0.1, 0.15) is 0 Å². The molecule has 4 nitrogen and oxygen atoms in total. The summed E-state index contributed by atoms with van der Waals surface area (Å²) in [6, 6.07) is 18.5. The number of ketones is 2. The SMILES string of the molecule is Cc1cc[n+](C2=C(Nc3ccccc3C)C(=O)c3ccccc3C2=O)cc1.[I-]. The van der Waals surface area contributed by atoms with E-state index in [4.69, 9.17) is 0 Å². The monoisotopic (exact) mass is 482 g/mol. The highest BCUT2D eigenvalue weighted by Crippen LogP contribution is 2.28. The second-order valence-corrected chi connectivity index (χ2v) is 6.65. The summed E-state index contributed by atoms with van der Waals surface area (Å²) >= 11 is 0. The van der Waals surface area contributed by atoms with Crippen LogP contribution >= 0.6 is 0 Å². The Morgan fingerprint density at radius 1 is 0.750 bits per heavy atom. The Labute approximate surface area is 180 Å². The van der Waals surface area contributed by atoms with Gasteiger partial charge in [-0.05, 0) is 31.0 Å². The molecule has 0 bridgehead atoms. The van der Waals surface area contributed by atoms with Crippen molar-refractivity contribution in [2.24, 2.45) is 0 Å². The molecule has 0 amide bonds. The number of para-hydroxylation sites is 1. The molecular formula is C23H19IN2O2. The molecule has 1 heterocycles. The van der Waals surface area contributed by atoms with Crippen LogP contribution in [0.25, 0.3) is 5.70 Å². The summed E-state index contributed by atoms with van der Waals surface area (Å²) in [7, 11) is 0. The number of nitrogens with zero attached hydrogens (tertiary/aromatic N) is 1. The van der Waals surface area contributed by atoms with Gasteiger partial charge in [0.25, 0.3) is 11.5 Å². The van der Waals surface area contributed by atoms with Crippen LogP contribution in [-0.4, -0.2) is 11.6 Å². The van der Waals surface area contributed by atoms with Crippen molar-refractivity contribution in [2.75, 3.05) is 5.32 Å². The number of fused-ring (bicyclic) bond motifs is 1. The number of hydrogen-bond donors (Lipinski definition) is 1. The van der Waals surface area contributed by atoms with E-state index >= 15 is 0 Å². The quantitative estimate of drug-likeness (QED) is 0.447. The van der Waals surface area contributed by atoms with Crippen molar-refractivity contribution in [3.63, 3.8) is 0 Å². The van der Waals surface area contributed by atoms with Crippen molar-refractivity contribution in [2.45, 2.75) is 13.8 Å². The first-order valence-corrected chi connectivity index (χ1v) is 8.80. The van der Waals surface area contributed by atoms with Gasteiger partial charge in [-0.2, -0.15) is 4.57 Å². The topological polar surface area (TPSA) is 50.1 Å². The van der Waals surface area contributed by atoms with E-state index in [9.17, 15) is 9.59 Å². The highest BCUT2D eigenvalue weighted by molar-refractivity contribution is 6.36. The van der Waals surface area contributed by atoms with Crippen molar-refractivity contribution < 1.29 is 38.1 Å². The van der Waals surface area contributed by atoms with Gasteiger partial charge in [-0.15, -0.1) is 0 Å². The number of allylic oxidation sites excluding steroid dienone is 2. The third-order valence-electron chi connectivity index (χ3n) is 4.75. The molecule has 1 N–H and O–H groups in total. The lowest BCUT2D eigenvalue weighted by Gasteiger charge is -2.19. The molecule has 0 fully saturated rings. The Kier molecular flexibility index (Phi) is 5.74. The number of carbonyl (C=O) groups is 2. The Balaban J connectivity index is 0.00000225. The zero-order valence-corrected chi connectivity index (χ0v) is 17.7. The van der Waals surface area contributed by atoms with E-state index < -0.39 is 0 Å². The van der Waals surface area contributed by atoms with Crippen LogP contribution in [0, 0.1) is 13.8 Å². The molecule has 1 aromatic heterocycles. The van der Waals surface area contributed by atoms with E-state index in [0.717, 1.165) is 16.8 Å². The first-order valence-electron chi connectivity index (χ1n) is 8.80. The van der Waals surface area contributed by atoms with E-state index in [1.807, 2.05) is 62.6 Å². The van der Waals surface area contributed by atoms with Gasteiger partial charge < -0.3 is 29.3 Å². The van der Waals surface area contributed by atoms with Gasteiger partial charge in [-0.3, -0.25) is 9.59 Å². The zero-order chi connectivity index (χ0) is 19.0. The van der Waals surface area contributed by atoms with Gasteiger partial charge in [0, 0.05) is 28.9 Å². The number of nitrogens with one attached hydrogen (secondary N) is 1. The van der Waals surface area contributed by atoms with Crippen LogP contribution in [-0.2, 0) is 0 Å². The second kappa shape index (κ2) is 8.06. The minimum Gasteiger partial charge on any atom is -1.00 e. The molecule has 3 aromatic rings. The molecule has 4 rings (SSSR count). The molecule has 140 valence electrons. The van der Waals surface area contributed by atoms with Crippen LogP contribution in [0.1, 0.15) is 31.8 Å². The third kappa shape index (κ3) is 3.49. The second-order valence-electron chi connectivity index (χ2n) is 6.65. The van der Waals surface area contributed by atoms with Crippen molar-refractivity contribution in [1.29, 1.82) is 0 Å². The Hall–Kier alpha value is -2.80. The van der Waals surface area contributed by atoms with Crippen LogP contribution < -0.4 is 33.9 Å². The fourth-order valence-corrected chi connectivity index (χ4v) is 3.22. The Bertz CT molecular complexity index is 1100. The smallest absolute Gasteiger partial charge is 0.286 e. The molecule has 0 saturated carbocycles. The molecule has 0 unspecified atom stereocenters. The summed E-state index contributed by atoms with van der Waals surface area (Å²) in [5.74, 6) is -0.355. The van der Waals surface area contributed by atoms with Crippen LogP contribution in [0.4, 0.5) is 5.69 Å². The maximum atomic E-state index is 13.3. The molecule has 1 aliphatic rings. The van der Waals surface area contributed by atoms with E-state index in [1.165, 1.54) is 0 Å². The maximum Gasteiger partial charge on any atom is 0.286 e. The molecule has 0 saturated heterocycles. The van der Waals surface area contributed by atoms with E-state index in [0.29, 0.717) is 22.5 Å². The van der Waals surface area contributed by atoms with Gasteiger partial charge >= 0.3 is 0 Å². The standard InChI is InChI=1S/C23H18N2O2.HI/c1-15-11-13-25(14-12-15)21-20(24-19-10-6-3-7-16(19)2)22(26)17-8-4-5-9-18(17)23(21)27;/h3-14H,1-2H3;1H. The molecule has 0 radical (unpaired) electrons. The van der Waals surface area contributed by atoms with Gasteiger partial charge in [-0.25, -0.2) is 0 Å². The van der Waals surface area contributed by atoms with Gasteiger partial charge in [0.2, 0.25) is 5.78 Å². The highest BCUT2D eigenvalue weighted by atomic mass is 127. The van der Waals surface area contributed by atoms with Crippen LogP contribution in [0.15, 0.2) is 78.8 Å². The first kappa shape index (κ1) is 19.9. The first-order chi connectivity index (χ1) is 13.1. The molecule has 0 spiro atoms. The maximum absolute atomic E-state index is 13.3. The number of hydrogen-bond acceptors (Lipinski definition) is 3. The summed E-state index contributed by atoms with van der Waals surface area (Å²) in [5, 5.41) is 3.22. The van der Waals surface area contributed by atoms with Crippen molar-refractivity contribution in [1.82, 2.24) is 0 Å². The van der Waals surface area contributed by atoms with Crippen molar-refractivity contribution in [3.05, 3.63) is 101 Å². The number of benzene rings is 2. The number of Topliss-reactive ketones (excluding diaryl/α,β-unsaturated/α-hetero) is 2. The largest absolute Gasteiger partial charge is 1.00 e. The number of rotatable bonds is 3. The predicted molar refractivity (Wildman–Crippen MR) is 104 cm³/mol. The molecule has 0 atom stereocenters. The van der Waals surface area contributed by atoms with Crippen molar-refractivity contribution >= 4 is 23.0 Å². The van der Waals surface area contributed by atoms with Gasteiger partial charge in [0.15, 0.2) is 18.1 Å². The normalized spacial score (nSPS) is 13.1. The lowest BCUT2D eigenvalue weighted by Crippen LogP contribution is -3.00. The van der Waals surface area contributed by atoms with Crippen LogP contribution in [0.5, 0.6) is 0 Å².